The molecule has 0 spiro atoms. The maximum absolute atomic E-state index is 12.6. The average Bonchev–Trinajstić information content (AvgIpc) is 2.99. The van der Waals surface area contributed by atoms with Gasteiger partial charge in [-0.05, 0) is 12.8 Å². The summed E-state index contributed by atoms with van der Waals surface area (Å²) in [7, 11) is 3.07. The zero-order valence-electron chi connectivity index (χ0n) is 12.4. The van der Waals surface area contributed by atoms with Gasteiger partial charge in [-0.25, -0.2) is 0 Å². The molecular formula is C15H21ClN2O3. The lowest BCUT2D eigenvalue weighted by atomic mass is 9.85. The van der Waals surface area contributed by atoms with Crippen LogP contribution in [0.25, 0.3) is 0 Å². The first-order valence-electron chi connectivity index (χ1n) is 6.99. The summed E-state index contributed by atoms with van der Waals surface area (Å²) in [4.78, 5) is 12.6. The molecule has 0 atom stereocenters. The lowest BCUT2D eigenvalue weighted by Gasteiger charge is -2.26. The largest absolute Gasteiger partial charge is 0.493 e. The van der Waals surface area contributed by atoms with Gasteiger partial charge in [0.1, 0.15) is 0 Å². The van der Waals surface area contributed by atoms with Gasteiger partial charge >= 0.3 is 0 Å². The summed E-state index contributed by atoms with van der Waals surface area (Å²) in [6.07, 6.45) is 3.70. The number of carbonyl (C=O) groups is 1. The first-order valence-corrected chi connectivity index (χ1v) is 7.37. The second kappa shape index (κ2) is 6.54. The fraction of sp³-hybridized carbons (Fsp3) is 0.533. The summed E-state index contributed by atoms with van der Waals surface area (Å²) >= 11 is 6.19. The first-order chi connectivity index (χ1) is 10.1. The van der Waals surface area contributed by atoms with E-state index in [1.54, 1.807) is 12.1 Å². The van der Waals surface area contributed by atoms with Gasteiger partial charge in [0.05, 0.1) is 30.3 Å². The zero-order chi connectivity index (χ0) is 15.5. The average molecular weight is 313 g/mol. The smallest absolute Gasteiger partial charge is 0.231 e. The summed E-state index contributed by atoms with van der Waals surface area (Å²) in [5.41, 5.74) is 5.86. The quantitative estimate of drug-likeness (QED) is 0.877. The van der Waals surface area contributed by atoms with E-state index in [-0.39, 0.29) is 5.91 Å². The Morgan fingerprint density at radius 2 is 1.86 bits per heavy atom. The van der Waals surface area contributed by atoms with Crippen molar-refractivity contribution in [3.05, 3.63) is 17.2 Å². The van der Waals surface area contributed by atoms with Gasteiger partial charge in [-0.1, -0.05) is 24.4 Å². The van der Waals surface area contributed by atoms with E-state index in [0.717, 1.165) is 25.7 Å². The standard InChI is InChI=1S/C15H21ClN2O3/c1-20-12-7-10(16)11(8-13(12)21-2)18-14(19)15(9-17)5-3-4-6-15/h7-8H,3-6,9,17H2,1-2H3,(H,18,19). The van der Waals surface area contributed by atoms with Gasteiger partial charge in [-0.15, -0.1) is 0 Å². The van der Waals surface area contributed by atoms with E-state index in [9.17, 15) is 4.79 Å². The van der Waals surface area contributed by atoms with Gasteiger partial charge in [0.2, 0.25) is 5.91 Å². The van der Waals surface area contributed by atoms with Gasteiger partial charge in [0.15, 0.2) is 11.5 Å². The molecule has 0 bridgehead atoms. The van der Waals surface area contributed by atoms with Gasteiger partial charge in [-0.3, -0.25) is 4.79 Å². The second-order valence-corrected chi connectivity index (χ2v) is 5.74. The Bertz CT molecular complexity index is 528. The number of halogens is 1. The number of methoxy groups -OCH3 is 2. The van der Waals surface area contributed by atoms with Crippen LogP contribution in [0.2, 0.25) is 5.02 Å². The van der Waals surface area contributed by atoms with E-state index >= 15 is 0 Å². The molecule has 3 N–H and O–H groups in total. The van der Waals surface area contributed by atoms with Crippen molar-refractivity contribution in [2.45, 2.75) is 25.7 Å². The second-order valence-electron chi connectivity index (χ2n) is 5.33. The van der Waals surface area contributed by atoms with Crippen LogP contribution in [-0.2, 0) is 4.79 Å². The predicted octanol–water partition coefficient (Wildman–Crippen LogP) is 2.81. The SMILES string of the molecule is COc1cc(Cl)c(NC(=O)C2(CN)CCCC2)cc1OC. The van der Waals surface area contributed by atoms with Crippen LogP contribution in [0.15, 0.2) is 12.1 Å². The Labute approximate surface area is 129 Å². The molecule has 1 aromatic rings. The molecule has 0 aliphatic heterocycles. The molecule has 116 valence electrons. The van der Waals surface area contributed by atoms with Gasteiger partial charge in [0.25, 0.3) is 0 Å². The summed E-state index contributed by atoms with van der Waals surface area (Å²) in [5, 5.41) is 3.29. The van der Waals surface area contributed by atoms with Crippen LogP contribution in [0.1, 0.15) is 25.7 Å². The van der Waals surface area contributed by atoms with Crippen molar-refractivity contribution in [2.24, 2.45) is 11.1 Å². The summed E-state index contributed by atoms with van der Waals surface area (Å²) in [5.74, 6) is 0.969. The number of anilines is 1. The van der Waals surface area contributed by atoms with E-state index < -0.39 is 5.41 Å². The van der Waals surface area contributed by atoms with Crippen LogP contribution in [0, 0.1) is 5.41 Å². The molecule has 0 unspecified atom stereocenters. The van der Waals surface area contributed by atoms with Gasteiger partial charge < -0.3 is 20.5 Å². The maximum Gasteiger partial charge on any atom is 0.231 e. The normalized spacial score (nSPS) is 16.6. The third-order valence-electron chi connectivity index (χ3n) is 4.15. The van der Waals surface area contributed by atoms with E-state index in [4.69, 9.17) is 26.8 Å². The van der Waals surface area contributed by atoms with Crippen LogP contribution in [0.5, 0.6) is 11.5 Å². The third kappa shape index (κ3) is 3.09. The van der Waals surface area contributed by atoms with Crippen LogP contribution in [0.4, 0.5) is 5.69 Å². The molecule has 1 saturated carbocycles. The van der Waals surface area contributed by atoms with Crippen molar-refractivity contribution in [1.82, 2.24) is 0 Å². The Balaban J connectivity index is 2.24. The Kier molecular flexibility index (Phi) is 4.96. The molecule has 0 saturated heterocycles. The van der Waals surface area contributed by atoms with E-state index in [1.165, 1.54) is 14.2 Å². The van der Waals surface area contributed by atoms with Crippen molar-refractivity contribution in [2.75, 3.05) is 26.1 Å². The van der Waals surface area contributed by atoms with Crippen molar-refractivity contribution >= 4 is 23.2 Å². The summed E-state index contributed by atoms with van der Waals surface area (Å²) in [6.45, 7) is 0.351. The number of benzene rings is 1. The molecule has 5 nitrogen and oxygen atoms in total. The highest BCUT2D eigenvalue weighted by Crippen LogP contribution is 2.40. The number of rotatable bonds is 5. The number of nitrogens with two attached hydrogens (primary N) is 1. The fourth-order valence-electron chi connectivity index (χ4n) is 2.78. The van der Waals surface area contributed by atoms with Crippen molar-refractivity contribution in [1.29, 1.82) is 0 Å². The molecular weight excluding hydrogens is 292 g/mol. The number of amides is 1. The van der Waals surface area contributed by atoms with Crippen molar-refractivity contribution < 1.29 is 14.3 Å². The lowest BCUT2D eigenvalue weighted by Crippen LogP contribution is -2.40. The van der Waals surface area contributed by atoms with E-state index in [0.29, 0.717) is 28.8 Å². The molecule has 1 aliphatic carbocycles. The number of ether oxygens (including phenoxy) is 2. The number of hydrogen-bond acceptors (Lipinski definition) is 4. The van der Waals surface area contributed by atoms with E-state index in [2.05, 4.69) is 5.32 Å². The molecule has 0 radical (unpaired) electrons. The summed E-state index contributed by atoms with van der Waals surface area (Å²) in [6, 6.07) is 3.29. The van der Waals surface area contributed by atoms with Crippen molar-refractivity contribution in [3.63, 3.8) is 0 Å². The van der Waals surface area contributed by atoms with E-state index in [1.807, 2.05) is 0 Å². The predicted molar refractivity (Wildman–Crippen MR) is 83.1 cm³/mol. The third-order valence-corrected chi connectivity index (χ3v) is 4.47. The minimum Gasteiger partial charge on any atom is -0.493 e. The topological polar surface area (TPSA) is 73.6 Å². The number of nitrogens with one attached hydrogen (secondary N) is 1. The van der Waals surface area contributed by atoms with Crippen LogP contribution in [0.3, 0.4) is 0 Å². The Morgan fingerprint density at radius 1 is 1.29 bits per heavy atom. The van der Waals surface area contributed by atoms with Crippen LogP contribution >= 0.6 is 11.6 Å². The minimum absolute atomic E-state index is 0.0726. The molecule has 6 heteroatoms. The molecule has 2 rings (SSSR count). The highest BCUT2D eigenvalue weighted by atomic mass is 35.5. The van der Waals surface area contributed by atoms with Crippen LogP contribution < -0.4 is 20.5 Å². The van der Waals surface area contributed by atoms with Crippen molar-refractivity contribution in [3.8, 4) is 11.5 Å². The van der Waals surface area contributed by atoms with Gasteiger partial charge in [0, 0.05) is 18.7 Å². The molecule has 0 heterocycles. The zero-order valence-corrected chi connectivity index (χ0v) is 13.1. The number of carbonyl (C=O) groups excluding carboxylic acids is 1. The molecule has 1 aliphatic rings. The maximum atomic E-state index is 12.6. The summed E-state index contributed by atoms with van der Waals surface area (Å²) < 4.78 is 10.4. The molecule has 21 heavy (non-hydrogen) atoms. The fourth-order valence-corrected chi connectivity index (χ4v) is 2.98. The van der Waals surface area contributed by atoms with Crippen LogP contribution in [-0.4, -0.2) is 26.7 Å². The minimum atomic E-state index is -0.476. The highest BCUT2D eigenvalue weighted by Gasteiger charge is 2.40. The lowest BCUT2D eigenvalue weighted by molar-refractivity contribution is -0.124. The molecule has 1 aromatic carbocycles. The Hall–Kier alpha value is -1.46. The van der Waals surface area contributed by atoms with Gasteiger partial charge in [-0.2, -0.15) is 0 Å². The molecule has 1 fully saturated rings. The first kappa shape index (κ1) is 15.9. The number of hydrogen-bond donors (Lipinski definition) is 2. The molecule has 0 aromatic heterocycles. The highest BCUT2D eigenvalue weighted by molar-refractivity contribution is 6.34. The Morgan fingerprint density at radius 3 is 2.38 bits per heavy atom. The molecule has 1 amide bonds. The monoisotopic (exact) mass is 312 g/mol.